The van der Waals surface area contributed by atoms with Crippen LogP contribution >= 0.6 is 11.6 Å². The van der Waals surface area contributed by atoms with E-state index < -0.39 is 10.8 Å². The summed E-state index contributed by atoms with van der Waals surface area (Å²) in [7, 11) is 0. The van der Waals surface area contributed by atoms with Crippen molar-refractivity contribution in [2.75, 3.05) is 0 Å². The maximum absolute atomic E-state index is 12.5. The average Bonchev–Trinajstić information content (AvgIpc) is 3.16. The summed E-state index contributed by atoms with van der Waals surface area (Å²) in [5.41, 5.74) is 0.196. The van der Waals surface area contributed by atoms with Gasteiger partial charge in [-0.15, -0.1) is 0 Å². The Morgan fingerprint density at radius 3 is 2.79 bits per heavy atom. The Morgan fingerprint density at radius 1 is 1.34 bits per heavy atom. The van der Waals surface area contributed by atoms with Crippen LogP contribution in [0.2, 0.25) is 5.02 Å². The van der Waals surface area contributed by atoms with E-state index in [1.54, 1.807) is 18.2 Å². The largest absolute Gasteiger partial charge is 0.457 e. The number of hydrogen-bond acceptors (Lipinski definition) is 5. The lowest BCUT2D eigenvalue weighted by molar-refractivity contribution is -0.384. The molecule has 7 nitrogen and oxygen atoms in total. The van der Waals surface area contributed by atoms with E-state index >= 15 is 0 Å². The third-order valence-electron chi connectivity index (χ3n) is 5.13. The molecule has 2 atom stereocenters. The van der Waals surface area contributed by atoms with Gasteiger partial charge in [-0.2, -0.15) is 5.26 Å². The van der Waals surface area contributed by atoms with Crippen LogP contribution in [0.15, 0.2) is 40.3 Å². The smallest absolute Gasteiger partial charge is 0.288 e. The Hall–Kier alpha value is -3.11. The zero-order valence-corrected chi connectivity index (χ0v) is 16.6. The molecule has 0 radical (unpaired) electrons. The minimum Gasteiger partial charge on any atom is -0.457 e. The number of nitrogens with zero attached hydrogens (tertiary/aromatic N) is 2. The van der Waals surface area contributed by atoms with Crippen LogP contribution in [0.3, 0.4) is 0 Å². The van der Waals surface area contributed by atoms with Gasteiger partial charge in [-0.25, -0.2) is 0 Å². The molecule has 1 amide bonds. The van der Waals surface area contributed by atoms with Crippen LogP contribution in [0.5, 0.6) is 0 Å². The number of nitriles is 1. The number of halogens is 1. The predicted octanol–water partition coefficient (Wildman–Crippen LogP) is 5.11. The number of nitro groups is 1. The summed E-state index contributed by atoms with van der Waals surface area (Å²) in [5, 5.41) is 23.4. The number of benzene rings is 1. The van der Waals surface area contributed by atoms with E-state index in [0.29, 0.717) is 23.0 Å². The monoisotopic (exact) mass is 413 g/mol. The first-order valence-corrected chi connectivity index (χ1v) is 9.73. The van der Waals surface area contributed by atoms with Gasteiger partial charge in [-0.05, 0) is 43.0 Å². The maximum Gasteiger partial charge on any atom is 0.288 e. The normalized spacial score (nSPS) is 19.4. The first-order valence-electron chi connectivity index (χ1n) is 9.36. The van der Waals surface area contributed by atoms with Crippen LogP contribution in [0.1, 0.15) is 38.4 Å². The zero-order valence-electron chi connectivity index (χ0n) is 15.9. The van der Waals surface area contributed by atoms with E-state index in [-0.39, 0.29) is 22.3 Å². The Balaban J connectivity index is 1.79. The van der Waals surface area contributed by atoms with Crippen LogP contribution < -0.4 is 5.32 Å². The molecule has 1 heterocycles. The van der Waals surface area contributed by atoms with Gasteiger partial charge >= 0.3 is 0 Å². The molecule has 0 bridgehead atoms. The highest BCUT2D eigenvalue weighted by Crippen LogP contribution is 2.31. The number of carbonyl (C=O) groups excluding carboxylic acids is 1. The van der Waals surface area contributed by atoms with Gasteiger partial charge in [0.1, 0.15) is 28.2 Å². The topological polar surface area (TPSA) is 109 Å². The van der Waals surface area contributed by atoms with Gasteiger partial charge in [0.15, 0.2) is 0 Å². The molecule has 0 spiro atoms. The first kappa shape index (κ1) is 20.6. The second-order valence-corrected chi connectivity index (χ2v) is 7.54. The Kier molecular flexibility index (Phi) is 6.35. The van der Waals surface area contributed by atoms with Crippen molar-refractivity contribution in [2.24, 2.45) is 5.92 Å². The van der Waals surface area contributed by atoms with Crippen molar-refractivity contribution in [2.45, 2.75) is 38.6 Å². The molecule has 1 saturated carbocycles. The summed E-state index contributed by atoms with van der Waals surface area (Å²) in [6, 6.07) is 9.54. The minimum absolute atomic E-state index is 0.0332. The van der Waals surface area contributed by atoms with Crippen LogP contribution in [-0.4, -0.2) is 16.9 Å². The molecule has 3 rings (SSSR count). The number of nitro benzene ring substituents is 1. The highest BCUT2D eigenvalue weighted by Gasteiger charge is 2.24. The van der Waals surface area contributed by atoms with Crippen LogP contribution in [0.25, 0.3) is 17.4 Å². The Labute approximate surface area is 173 Å². The van der Waals surface area contributed by atoms with Crippen molar-refractivity contribution in [3.8, 4) is 17.4 Å². The van der Waals surface area contributed by atoms with Gasteiger partial charge in [0.25, 0.3) is 11.6 Å². The third kappa shape index (κ3) is 4.84. The van der Waals surface area contributed by atoms with Crippen molar-refractivity contribution in [1.29, 1.82) is 5.26 Å². The molecule has 29 heavy (non-hydrogen) atoms. The molecule has 1 N–H and O–H groups in total. The highest BCUT2D eigenvalue weighted by molar-refractivity contribution is 6.32. The summed E-state index contributed by atoms with van der Waals surface area (Å²) in [6.07, 6.45) is 5.57. The second-order valence-electron chi connectivity index (χ2n) is 7.14. The number of nitrogens with one attached hydrogen (secondary N) is 1. The minimum atomic E-state index is -0.569. The fourth-order valence-corrected chi connectivity index (χ4v) is 3.65. The quantitative estimate of drug-likeness (QED) is 0.317. The summed E-state index contributed by atoms with van der Waals surface area (Å²) in [5.74, 6) is 0.630. The maximum atomic E-state index is 12.5. The lowest BCUT2D eigenvalue weighted by Crippen LogP contribution is -2.41. The van der Waals surface area contributed by atoms with E-state index in [1.165, 1.54) is 18.2 Å². The Bertz CT molecular complexity index is 1010. The molecule has 1 aromatic carbocycles. The van der Waals surface area contributed by atoms with E-state index in [9.17, 15) is 20.2 Å². The van der Waals surface area contributed by atoms with Crippen molar-refractivity contribution in [3.63, 3.8) is 0 Å². The number of hydrogen-bond donors (Lipinski definition) is 1. The summed E-state index contributed by atoms with van der Waals surface area (Å²) in [4.78, 5) is 23.0. The number of amides is 1. The van der Waals surface area contributed by atoms with E-state index in [1.807, 2.05) is 6.07 Å². The molecule has 1 aromatic heterocycles. The summed E-state index contributed by atoms with van der Waals surface area (Å²) >= 11 is 5.83. The van der Waals surface area contributed by atoms with E-state index in [0.717, 1.165) is 25.7 Å². The molecular weight excluding hydrogens is 394 g/mol. The first-order chi connectivity index (χ1) is 13.9. The molecule has 1 aliphatic rings. The Morgan fingerprint density at radius 2 is 2.10 bits per heavy atom. The fraction of sp³-hybridized carbons (Fsp3) is 0.333. The SMILES string of the molecule is C[C@H]1CCCC[C@H]1NC(=O)/C(C#N)=C/c1ccc(-c2ccc(Cl)c([N+](=O)[O-])c2)o1. The van der Waals surface area contributed by atoms with Crippen LogP contribution in [0, 0.1) is 27.4 Å². The molecule has 150 valence electrons. The number of rotatable bonds is 5. The van der Waals surface area contributed by atoms with Gasteiger partial charge < -0.3 is 9.73 Å². The molecule has 1 aliphatic carbocycles. The lowest BCUT2D eigenvalue weighted by atomic mass is 9.86. The van der Waals surface area contributed by atoms with Crippen molar-refractivity contribution < 1.29 is 14.1 Å². The van der Waals surface area contributed by atoms with Gasteiger partial charge in [-0.1, -0.05) is 31.4 Å². The van der Waals surface area contributed by atoms with E-state index in [4.69, 9.17) is 16.0 Å². The molecule has 1 fully saturated rings. The van der Waals surface area contributed by atoms with Crippen LogP contribution in [-0.2, 0) is 4.79 Å². The summed E-state index contributed by atoms with van der Waals surface area (Å²) < 4.78 is 5.66. The van der Waals surface area contributed by atoms with Gasteiger partial charge in [0.2, 0.25) is 0 Å². The molecule has 0 aliphatic heterocycles. The molecule has 0 unspecified atom stereocenters. The van der Waals surface area contributed by atoms with Crippen molar-refractivity contribution in [3.05, 3.63) is 56.8 Å². The predicted molar refractivity (Wildman–Crippen MR) is 109 cm³/mol. The second kappa shape index (κ2) is 8.93. The van der Waals surface area contributed by atoms with Gasteiger partial charge in [0.05, 0.1) is 4.92 Å². The zero-order chi connectivity index (χ0) is 21.0. The summed E-state index contributed by atoms with van der Waals surface area (Å²) in [6.45, 7) is 2.10. The molecule has 2 aromatic rings. The number of furan rings is 1. The van der Waals surface area contributed by atoms with Crippen LogP contribution in [0.4, 0.5) is 5.69 Å². The van der Waals surface area contributed by atoms with Crippen molar-refractivity contribution in [1.82, 2.24) is 5.32 Å². The fourth-order valence-electron chi connectivity index (χ4n) is 3.46. The third-order valence-corrected chi connectivity index (χ3v) is 5.45. The average molecular weight is 414 g/mol. The van der Waals surface area contributed by atoms with E-state index in [2.05, 4.69) is 12.2 Å². The molecule has 8 heteroatoms. The van der Waals surface area contributed by atoms with Crippen molar-refractivity contribution >= 4 is 29.3 Å². The number of carbonyl (C=O) groups is 1. The molecular formula is C21H20ClN3O4. The van der Waals surface area contributed by atoms with Gasteiger partial charge in [0, 0.05) is 23.7 Å². The standard InChI is InChI=1S/C21H20ClN3O4/c1-13-4-2-3-5-18(13)24-21(26)15(12-23)10-16-7-9-20(29-16)14-6-8-17(22)19(11-14)25(27)28/h6-11,13,18H,2-5H2,1H3,(H,24,26)/b15-10+/t13-,18+/m0/s1. The highest BCUT2D eigenvalue weighted by atomic mass is 35.5. The lowest BCUT2D eigenvalue weighted by Gasteiger charge is -2.29. The molecule has 0 saturated heterocycles. The van der Waals surface area contributed by atoms with Gasteiger partial charge in [-0.3, -0.25) is 14.9 Å².